The van der Waals surface area contributed by atoms with E-state index in [-0.39, 0.29) is 25.0 Å². The number of ether oxygens (including phenoxy) is 1. The molecule has 3 saturated heterocycles. The number of carboxylic acid groups (broad SMARTS) is 1. The highest BCUT2D eigenvalue weighted by Crippen LogP contribution is 2.42. The fourth-order valence-electron chi connectivity index (χ4n) is 4.48. The predicted octanol–water partition coefficient (Wildman–Crippen LogP) is 2.50. The molecular formula is C19H23ClN2O4. The van der Waals surface area contributed by atoms with E-state index >= 15 is 0 Å². The molecular weight excluding hydrogens is 356 g/mol. The molecule has 1 N–H and O–H groups in total. The van der Waals surface area contributed by atoms with Gasteiger partial charge in [-0.15, -0.1) is 0 Å². The van der Waals surface area contributed by atoms with Crippen LogP contribution in [-0.4, -0.2) is 61.3 Å². The molecule has 26 heavy (non-hydrogen) atoms. The largest absolute Gasteiger partial charge is 0.481 e. The quantitative estimate of drug-likeness (QED) is 0.875. The Balaban J connectivity index is 1.54. The van der Waals surface area contributed by atoms with Gasteiger partial charge < -0.3 is 19.6 Å². The van der Waals surface area contributed by atoms with Gasteiger partial charge in [0, 0.05) is 38.3 Å². The monoisotopic (exact) mass is 378 g/mol. The Morgan fingerprint density at radius 3 is 2.69 bits per heavy atom. The Kier molecular flexibility index (Phi) is 4.57. The molecule has 0 radical (unpaired) electrons. The summed E-state index contributed by atoms with van der Waals surface area (Å²) in [5.74, 6) is -1.09. The lowest BCUT2D eigenvalue weighted by Gasteiger charge is -2.33. The lowest BCUT2D eigenvalue weighted by molar-refractivity contribution is -0.159. The summed E-state index contributed by atoms with van der Waals surface area (Å²) in [6, 6.07) is 5.41. The third-order valence-corrected chi connectivity index (χ3v) is 6.32. The van der Waals surface area contributed by atoms with Crippen molar-refractivity contribution in [3.8, 4) is 0 Å². The Hall–Kier alpha value is -1.79. The van der Waals surface area contributed by atoms with Crippen LogP contribution >= 0.6 is 11.6 Å². The molecule has 4 rings (SSSR count). The van der Waals surface area contributed by atoms with Gasteiger partial charge in [-0.2, -0.15) is 0 Å². The highest BCUT2D eigenvalue weighted by molar-refractivity contribution is 6.33. The second-order valence-electron chi connectivity index (χ2n) is 7.55. The van der Waals surface area contributed by atoms with Gasteiger partial charge in [-0.3, -0.25) is 9.59 Å². The molecule has 140 valence electrons. The molecule has 1 aromatic carbocycles. The number of rotatable bonds is 3. The van der Waals surface area contributed by atoms with Crippen LogP contribution in [0.25, 0.3) is 0 Å². The van der Waals surface area contributed by atoms with Crippen LogP contribution in [0.15, 0.2) is 18.2 Å². The summed E-state index contributed by atoms with van der Waals surface area (Å²) in [5.41, 5.74) is 0.497. The molecule has 3 aliphatic rings. The van der Waals surface area contributed by atoms with E-state index in [1.807, 2.05) is 6.07 Å². The van der Waals surface area contributed by atoms with Crippen LogP contribution in [0.2, 0.25) is 5.02 Å². The van der Waals surface area contributed by atoms with Gasteiger partial charge in [-0.1, -0.05) is 11.6 Å². The fraction of sp³-hybridized carbons (Fsp3) is 0.579. The Morgan fingerprint density at radius 2 is 2.04 bits per heavy atom. The number of fused-ring (bicyclic) bond motifs is 1. The van der Waals surface area contributed by atoms with Gasteiger partial charge in [-0.25, -0.2) is 0 Å². The third-order valence-electron chi connectivity index (χ3n) is 6.02. The maximum atomic E-state index is 13.0. The van der Waals surface area contributed by atoms with Crippen LogP contribution in [0.4, 0.5) is 5.69 Å². The summed E-state index contributed by atoms with van der Waals surface area (Å²) < 4.78 is 5.43. The van der Waals surface area contributed by atoms with E-state index in [0.29, 0.717) is 30.2 Å². The zero-order valence-electron chi connectivity index (χ0n) is 14.6. The minimum Gasteiger partial charge on any atom is -0.481 e. The van der Waals surface area contributed by atoms with Gasteiger partial charge in [0.25, 0.3) is 5.91 Å². The van der Waals surface area contributed by atoms with Gasteiger partial charge in [0.15, 0.2) is 0 Å². The second kappa shape index (κ2) is 6.74. The van der Waals surface area contributed by atoms with Crippen molar-refractivity contribution in [1.29, 1.82) is 0 Å². The van der Waals surface area contributed by atoms with Crippen molar-refractivity contribution < 1.29 is 19.4 Å². The maximum Gasteiger partial charge on any atom is 0.314 e. The van der Waals surface area contributed by atoms with Crippen LogP contribution < -0.4 is 4.90 Å². The number of carboxylic acids is 1. The molecule has 1 amide bonds. The molecule has 7 heteroatoms. The average molecular weight is 379 g/mol. The minimum absolute atomic E-state index is 0.0583. The van der Waals surface area contributed by atoms with E-state index in [1.54, 1.807) is 17.0 Å². The number of halogens is 1. The number of likely N-dealkylation sites (tertiary alicyclic amines) is 1. The van der Waals surface area contributed by atoms with Crippen LogP contribution in [0.3, 0.4) is 0 Å². The van der Waals surface area contributed by atoms with E-state index in [1.165, 1.54) is 0 Å². The van der Waals surface area contributed by atoms with E-state index in [0.717, 1.165) is 31.6 Å². The molecule has 0 unspecified atom stereocenters. The Labute approximate surface area is 157 Å². The molecule has 0 bridgehead atoms. The fourth-order valence-corrected chi connectivity index (χ4v) is 4.78. The number of carbonyl (C=O) groups excluding carboxylic acids is 1. The van der Waals surface area contributed by atoms with Crippen LogP contribution in [0.1, 0.15) is 29.6 Å². The molecule has 0 aliphatic carbocycles. The summed E-state index contributed by atoms with van der Waals surface area (Å²) in [6.45, 7) is 3.35. The number of nitrogens with zero attached hydrogens (tertiary/aromatic N) is 2. The van der Waals surface area contributed by atoms with Gasteiger partial charge in [0.05, 0.1) is 17.3 Å². The number of hydrogen-bond acceptors (Lipinski definition) is 4. The van der Waals surface area contributed by atoms with Crippen molar-refractivity contribution in [3.63, 3.8) is 0 Å². The van der Waals surface area contributed by atoms with Gasteiger partial charge >= 0.3 is 5.97 Å². The predicted molar refractivity (Wildman–Crippen MR) is 97.8 cm³/mol. The van der Waals surface area contributed by atoms with E-state index in [2.05, 4.69) is 4.90 Å². The zero-order chi connectivity index (χ0) is 18.3. The Bertz CT molecular complexity index is 734. The third kappa shape index (κ3) is 2.85. The summed E-state index contributed by atoms with van der Waals surface area (Å²) in [4.78, 5) is 28.7. The second-order valence-corrected chi connectivity index (χ2v) is 7.95. The Morgan fingerprint density at radius 1 is 1.27 bits per heavy atom. The molecule has 1 aromatic rings. The molecule has 2 atom stereocenters. The van der Waals surface area contributed by atoms with Crippen molar-refractivity contribution in [2.75, 3.05) is 44.3 Å². The number of carbonyl (C=O) groups is 2. The molecule has 0 spiro atoms. The van der Waals surface area contributed by atoms with E-state index in [9.17, 15) is 14.7 Å². The van der Waals surface area contributed by atoms with Crippen LogP contribution in [0, 0.1) is 11.3 Å². The van der Waals surface area contributed by atoms with Crippen molar-refractivity contribution in [1.82, 2.24) is 4.90 Å². The first-order valence-electron chi connectivity index (χ1n) is 9.16. The zero-order valence-corrected chi connectivity index (χ0v) is 15.4. The maximum absolute atomic E-state index is 13.0. The molecule has 3 fully saturated rings. The molecule has 0 saturated carbocycles. The standard InChI is InChI=1S/C19H23ClN2O4/c20-15-9-13(3-4-16(15)21-6-1-2-7-21)17(23)22-10-14-5-8-26-12-19(14,11-22)18(24)25/h3-4,9,14H,1-2,5-8,10-12H2,(H,24,25)/t14-,19+/m0/s1. The highest BCUT2D eigenvalue weighted by atomic mass is 35.5. The van der Waals surface area contributed by atoms with Gasteiger partial charge in [-0.05, 0) is 43.4 Å². The van der Waals surface area contributed by atoms with Crippen molar-refractivity contribution in [2.45, 2.75) is 19.3 Å². The average Bonchev–Trinajstić information content (AvgIpc) is 3.29. The number of anilines is 1. The van der Waals surface area contributed by atoms with Crippen LogP contribution in [0.5, 0.6) is 0 Å². The smallest absolute Gasteiger partial charge is 0.314 e. The van der Waals surface area contributed by atoms with E-state index < -0.39 is 11.4 Å². The molecule has 3 heterocycles. The van der Waals surface area contributed by atoms with E-state index in [4.69, 9.17) is 16.3 Å². The molecule has 6 nitrogen and oxygen atoms in total. The summed E-state index contributed by atoms with van der Waals surface area (Å²) in [7, 11) is 0. The normalized spacial score (nSPS) is 28.3. The first kappa shape index (κ1) is 17.6. The first-order chi connectivity index (χ1) is 12.5. The minimum atomic E-state index is -0.979. The van der Waals surface area contributed by atoms with Crippen molar-refractivity contribution in [2.24, 2.45) is 11.3 Å². The van der Waals surface area contributed by atoms with Crippen LogP contribution in [-0.2, 0) is 9.53 Å². The summed E-state index contributed by atoms with van der Waals surface area (Å²) in [5, 5.41) is 10.3. The van der Waals surface area contributed by atoms with Crippen molar-refractivity contribution >= 4 is 29.2 Å². The number of hydrogen-bond donors (Lipinski definition) is 1. The lowest BCUT2D eigenvalue weighted by atomic mass is 9.76. The topological polar surface area (TPSA) is 70.1 Å². The molecule has 0 aromatic heterocycles. The first-order valence-corrected chi connectivity index (χ1v) is 9.54. The van der Waals surface area contributed by atoms with Gasteiger partial charge in [0.1, 0.15) is 5.41 Å². The number of amides is 1. The number of benzene rings is 1. The SMILES string of the molecule is O=C(c1ccc(N2CCCC2)c(Cl)c1)N1C[C@@H]2CCOC[C@]2(C(=O)O)C1. The summed E-state index contributed by atoms with van der Waals surface area (Å²) in [6.07, 6.45) is 2.99. The summed E-state index contributed by atoms with van der Waals surface area (Å²) >= 11 is 6.43. The van der Waals surface area contributed by atoms with Crippen molar-refractivity contribution in [3.05, 3.63) is 28.8 Å². The lowest BCUT2D eigenvalue weighted by Crippen LogP contribution is -2.46. The number of aliphatic carboxylic acids is 1. The van der Waals surface area contributed by atoms with Gasteiger partial charge in [0.2, 0.25) is 0 Å². The highest BCUT2D eigenvalue weighted by Gasteiger charge is 2.55. The molecule has 3 aliphatic heterocycles.